The van der Waals surface area contributed by atoms with Gasteiger partial charge in [-0.25, -0.2) is 4.98 Å². The lowest BCUT2D eigenvalue weighted by Crippen LogP contribution is -2.37. The topological polar surface area (TPSA) is 49.2 Å². The van der Waals surface area contributed by atoms with E-state index in [1.54, 1.807) is 6.20 Å². The summed E-state index contributed by atoms with van der Waals surface area (Å²) in [5, 5.41) is 9.54. The monoisotopic (exact) mass is 227 g/mol. The Morgan fingerprint density at radius 3 is 3.13 bits per heavy atom. The van der Waals surface area contributed by atoms with Crippen molar-refractivity contribution in [3.05, 3.63) is 17.5 Å². The number of hydrogen-bond acceptors (Lipinski definition) is 4. The molecule has 0 amide bonds. The fourth-order valence-corrected chi connectivity index (χ4v) is 2.05. The Labute approximate surface area is 93.9 Å². The van der Waals surface area contributed by atoms with Gasteiger partial charge >= 0.3 is 0 Å². The van der Waals surface area contributed by atoms with Gasteiger partial charge in [-0.2, -0.15) is 0 Å². The third-order valence-corrected chi connectivity index (χ3v) is 2.88. The van der Waals surface area contributed by atoms with E-state index >= 15 is 0 Å². The second-order valence-corrected chi connectivity index (χ2v) is 4.22. The first-order valence-electron chi connectivity index (χ1n) is 5.13. The van der Waals surface area contributed by atoms with E-state index in [9.17, 15) is 0 Å². The van der Waals surface area contributed by atoms with Crippen molar-refractivity contribution in [2.45, 2.75) is 12.8 Å². The molecule has 4 nitrogen and oxygen atoms in total. The molecule has 1 N–H and O–H groups in total. The first-order valence-corrected chi connectivity index (χ1v) is 5.50. The normalized spacial score (nSPS) is 21.7. The highest BCUT2D eigenvalue weighted by Crippen LogP contribution is 2.21. The maximum atomic E-state index is 9.12. The molecule has 2 rings (SSSR count). The van der Waals surface area contributed by atoms with Crippen LogP contribution in [0, 0.1) is 5.92 Å². The van der Waals surface area contributed by atoms with E-state index in [1.807, 2.05) is 0 Å². The largest absolute Gasteiger partial charge is 0.396 e. The maximum absolute atomic E-state index is 9.12. The van der Waals surface area contributed by atoms with Crippen molar-refractivity contribution in [3.63, 3.8) is 0 Å². The molecular formula is C10H14ClN3O. The zero-order chi connectivity index (χ0) is 10.7. The minimum Gasteiger partial charge on any atom is -0.396 e. The van der Waals surface area contributed by atoms with Crippen LogP contribution in [0.3, 0.4) is 0 Å². The predicted octanol–water partition coefficient (Wildman–Crippen LogP) is 1.34. The molecule has 82 valence electrons. The van der Waals surface area contributed by atoms with Crippen LogP contribution in [0.5, 0.6) is 0 Å². The number of aromatic nitrogens is 2. The second kappa shape index (κ2) is 4.77. The summed E-state index contributed by atoms with van der Waals surface area (Å²) in [6.07, 6.45) is 5.41. The molecule has 1 atom stereocenters. The molecule has 0 spiro atoms. The minimum atomic E-state index is 0.241. The van der Waals surface area contributed by atoms with Crippen LogP contribution in [0.4, 0.5) is 5.82 Å². The fourth-order valence-electron chi connectivity index (χ4n) is 1.91. The van der Waals surface area contributed by atoms with Crippen molar-refractivity contribution >= 4 is 17.4 Å². The van der Waals surface area contributed by atoms with Crippen LogP contribution in [-0.4, -0.2) is 34.8 Å². The molecule has 1 aromatic heterocycles. The Bertz CT molecular complexity index is 334. The predicted molar refractivity (Wildman–Crippen MR) is 59.1 cm³/mol. The Morgan fingerprint density at radius 2 is 2.40 bits per heavy atom. The Hall–Kier alpha value is -0.870. The van der Waals surface area contributed by atoms with Crippen molar-refractivity contribution < 1.29 is 5.11 Å². The van der Waals surface area contributed by atoms with Gasteiger partial charge in [0.2, 0.25) is 0 Å². The van der Waals surface area contributed by atoms with Gasteiger partial charge in [0.15, 0.2) is 0 Å². The summed E-state index contributed by atoms with van der Waals surface area (Å²) in [7, 11) is 0. The molecule has 5 heteroatoms. The number of aliphatic hydroxyl groups excluding tert-OH is 1. The molecule has 0 aromatic carbocycles. The van der Waals surface area contributed by atoms with Gasteiger partial charge in [-0.15, -0.1) is 0 Å². The number of piperidine rings is 1. The van der Waals surface area contributed by atoms with Gasteiger partial charge in [0.25, 0.3) is 0 Å². The van der Waals surface area contributed by atoms with Crippen LogP contribution in [0.15, 0.2) is 12.4 Å². The van der Waals surface area contributed by atoms with E-state index < -0.39 is 0 Å². The number of halogens is 1. The molecule has 0 aliphatic carbocycles. The molecular weight excluding hydrogens is 214 g/mol. The van der Waals surface area contributed by atoms with Crippen LogP contribution >= 0.6 is 11.6 Å². The van der Waals surface area contributed by atoms with Gasteiger partial charge < -0.3 is 10.0 Å². The molecule has 1 unspecified atom stereocenters. The van der Waals surface area contributed by atoms with Crippen molar-refractivity contribution in [3.8, 4) is 0 Å². The van der Waals surface area contributed by atoms with Gasteiger partial charge in [-0.05, 0) is 18.8 Å². The third-order valence-electron chi connectivity index (χ3n) is 2.69. The molecule has 1 saturated heterocycles. The summed E-state index contributed by atoms with van der Waals surface area (Å²) in [6, 6.07) is 0. The second-order valence-electron chi connectivity index (χ2n) is 3.84. The summed E-state index contributed by atoms with van der Waals surface area (Å²) < 4.78 is 0. The first-order chi connectivity index (χ1) is 7.29. The van der Waals surface area contributed by atoms with Crippen molar-refractivity contribution in [1.82, 2.24) is 9.97 Å². The number of hydrogen-bond donors (Lipinski definition) is 1. The summed E-state index contributed by atoms with van der Waals surface area (Å²) in [5.41, 5.74) is 0. The lowest BCUT2D eigenvalue weighted by atomic mass is 9.99. The lowest BCUT2D eigenvalue weighted by Gasteiger charge is -2.32. The number of aliphatic hydroxyl groups is 1. The summed E-state index contributed by atoms with van der Waals surface area (Å²) in [6.45, 7) is 2.04. The molecule has 0 saturated carbocycles. The molecule has 1 aliphatic heterocycles. The van der Waals surface area contributed by atoms with E-state index in [2.05, 4.69) is 14.9 Å². The van der Waals surface area contributed by atoms with Crippen molar-refractivity contribution in [1.29, 1.82) is 0 Å². The minimum absolute atomic E-state index is 0.241. The van der Waals surface area contributed by atoms with Gasteiger partial charge in [0.05, 0.1) is 12.4 Å². The number of nitrogens with zero attached hydrogens (tertiary/aromatic N) is 3. The van der Waals surface area contributed by atoms with E-state index in [4.69, 9.17) is 16.7 Å². The van der Waals surface area contributed by atoms with Crippen molar-refractivity contribution in [2.24, 2.45) is 5.92 Å². The Kier molecular flexibility index (Phi) is 3.38. The average molecular weight is 228 g/mol. The summed E-state index contributed by atoms with van der Waals surface area (Å²) in [4.78, 5) is 10.4. The van der Waals surface area contributed by atoms with E-state index in [1.165, 1.54) is 6.20 Å². The zero-order valence-electron chi connectivity index (χ0n) is 8.43. The highest BCUT2D eigenvalue weighted by molar-refractivity contribution is 6.29. The van der Waals surface area contributed by atoms with Crippen LogP contribution in [-0.2, 0) is 0 Å². The van der Waals surface area contributed by atoms with Gasteiger partial charge in [0, 0.05) is 19.7 Å². The average Bonchev–Trinajstić information content (AvgIpc) is 2.29. The highest BCUT2D eigenvalue weighted by Gasteiger charge is 2.20. The SMILES string of the molecule is OCC1CCCN(c2cncc(Cl)n2)C1. The molecule has 2 heterocycles. The van der Waals surface area contributed by atoms with Crippen LogP contribution in [0.2, 0.25) is 5.15 Å². The quantitative estimate of drug-likeness (QED) is 0.829. The first kappa shape index (κ1) is 10.6. The molecule has 1 aliphatic rings. The van der Waals surface area contributed by atoms with Crippen LogP contribution in [0.1, 0.15) is 12.8 Å². The van der Waals surface area contributed by atoms with Crippen LogP contribution in [0.25, 0.3) is 0 Å². The molecule has 1 aromatic rings. The molecule has 1 fully saturated rings. The molecule has 15 heavy (non-hydrogen) atoms. The Morgan fingerprint density at radius 1 is 1.53 bits per heavy atom. The van der Waals surface area contributed by atoms with E-state index in [0.29, 0.717) is 11.1 Å². The lowest BCUT2D eigenvalue weighted by molar-refractivity contribution is 0.208. The zero-order valence-corrected chi connectivity index (χ0v) is 9.19. The highest BCUT2D eigenvalue weighted by atomic mass is 35.5. The fraction of sp³-hybridized carbons (Fsp3) is 0.600. The van der Waals surface area contributed by atoms with Crippen molar-refractivity contribution in [2.75, 3.05) is 24.6 Å². The number of rotatable bonds is 2. The van der Waals surface area contributed by atoms with E-state index in [0.717, 1.165) is 31.7 Å². The summed E-state index contributed by atoms with van der Waals surface area (Å²) in [5.74, 6) is 1.15. The van der Waals surface area contributed by atoms with Gasteiger partial charge in [-0.3, -0.25) is 4.98 Å². The third kappa shape index (κ3) is 2.58. The van der Waals surface area contributed by atoms with E-state index in [-0.39, 0.29) is 6.61 Å². The Balaban J connectivity index is 2.09. The van der Waals surface area contributed by atoms with Gasteiger partial charge in [-0.1, -0.05) is 11.6 Å². The van der Waals surface area contributed by atoms with Crippen LogP contribution < -0.4 is 4.90 Å². The summed E-state index contributed by atoms with van der Waals surface area (Å²) >= 11 is 5.78. The number of anilines is 1. The smallest absolute Gasteiger partial charge is 0.149 e. The molecule has 0 radical (unpaired) electrons. The van der Waals surface area contributed by atoms with Gasteiger partial charge in [0.1, 0.15) is 11.0 Å². The molecule has 0 bridgehead atoms. The standard InChI is InChI=1S/C10H14ClN3O/c11-9-4-12-5-10(13-9)14-3-1-2-8(6-14)7-15/h4-5,8,15H,1-3,6-7H2. The maximum Gasteiger partial charge on any atom is 0.149 e.